The fourth-order valence-electron chi connectivity index (χ4n) is 3.53. The van der Waals surface area contributed by atoms with Crippen LogP contribution in [0.15, 0.2) is 35.2 Å². The molecule has 0 spiro atoms. The van der Waals surface area contributed by atoms with Crippen LogP contribution >= 0.6 is 0 Å². The Morgan fingerprint density at radius 3 is 2.79 bits per heavy atom. The van der Waals surface area contributed by atoms with Crippen LogP contribution in [0.2, 0.25) is 0 Å². The summed E-state index contributed by atoms with van der Waals surface area (Å²) in [6.45, 7) is 2.77. The molecule has 2 saturated heterocycles. The van der Waals surface area contributed by atoms with Gasteiger partial charge in [0.05, 0.1) is 11.0 Å². The van der Waals surface area contributed by atoms with Crippen molar-refractivity contribution < 1.29 is 13.2 Å². The molecule has 7 nitrogen and oxygen atoms in total. The van der Waals surface area contributed by atoms with Crippen LogP contribution < -0.4 is 0 Å². The van der Waals surface area contributed by atoms with Gasteiger partial charge in [0.25, 0.3) is 0 Å². The lowest BCUT2D eigenvalue weighted by atomic mass is 9.93. The van der Waals surface area contributed by atoms with Crippen molar-refractivity contribution in [1.29, 1.82) is 0 Å². The molecular weight excluding hydrogens is 328 g/mol. The van der Waals surface area contributed by atoms with Crippen molar-refractivity contribution in [2.45, 2.75) is 36.9 Å². The van der Waals surface area contributed by atoms with Gasteiger partial charge in [0.2, 0.25) is 10.0 Å². The SMILES string of the molecule is Cc1nc([C@@H]2C[C@H]3CCN(S(=O)(=O)c4ccccc4)C[C@@H]3O2)n[nH]1. The summed E-state index contributed by atoms with van der Waals surface area (Å²) in [4.78, 5) is 4.68. The molecule has 24 heavy (non-hydrogen) atoms. The topological polar surface area (TPSA) is 88.2 Å². The van der Waals surface area contributed by atoms with Crippen LogP contribution in [0, 0.1) is 12.8 Å². The van der Waals surface area contributed by atoms with Gasteiger partial charge in [-0.15, -0.1) is 0 Å². The second-order valence-electron chi connectivity index (χ2n) is 6.40. The van der Waals surface area contributed by atoms with E-state index in [1.54, 1.807) is 24.3 Å². The zero-order chi connectivity index (χ0) is 16.7. The van der Waals surface area contributed by atoms with E-state index in [9.17, 15) is 8.42 Å². The average Bonchev–Trinajstić information content (AvgIpc) is 3.20. The van der Waals surface area contributed by atoms with Crippen molar-refractivity contribution in [1.82, 2.24) is 19.5 Å². The molecule has 3 atom stereocenters. The minimum Gasteiger partial charge on any atom is -0.365 e. The first-order valence-electron chi connectivity index (χ1n) is 8.13. The summed E-state index contributed by atoms with van der Waals surface area (Å²) in [5, 5.41) is 7.01. The molecule has 0 saturated carbocycles. The monoisotopic (exact) mass is 348 g/mol. The molecule has 2 fully saturated rings. The Morgan fingerprint density at radius 2 is 2.08 bits per heavy atom. The first-order valence-corrected chi connectivity index (χ1v) is 9.57. The predicted molar refractivity (Wildman–Crippen MR) is 86.7 cm³/mol. The first-order chi connectivity index (χ1) is 11.5. The molecule has 1 aromatic carbocycles. The fraction of sp³-hybridized carbons (Fsp3) is 0.500. The van der Waals surface area contributed by atoms with Gasteiger partial charge in [-0.1, -0.05) is 18.2 Å². The third-order valence-corrected chi connectivity index (χ3v) is 6.68. The van der Waals surface area contributed by atoms with Crippen molar-refractivity contribution in [3.05, 3.63) is 42.0 Å². The number of hydrogen-bond acceptors (Lipinski definition) is 5. The van der Waals surface area contributed by atoms with E-state index in [1.807, 2.05) is 13.0 Å². The van der Waals surface area contributed by atoms with Crippen molar-refractivity contribution in [3.63, 3.8) is 0 Å². The Morgan fingerprint density at radius 1 is 1.29 bits per heavy atom. The molecular formula is C16H20N4O3S. The summed E-state index contributed by atoms with van der Waals surface area (Å²) in [7, 11) is -3.46. The summed E-state index contributed by atoms with van der Waals surface area (Å²) >= 11 is 0. The molecule has 0 amide bonds. The second-order valence-corrected chi connectivity index (χ2v) is 8.34. The Balaban J connectivity index is 1.50. The zero-order valence-electron chi connectivity index (χ0n) is 13.4. The van der Waals surface area contributed by atoms with Gasteiger partial charge >= 0.3 is 0 Å². The van der Waals surface area contributed by atoms with Gasteiger partial charge < -0.3 is 4.74 Å². The van der Waals surface area contributed by atoms with Crippen molar-refractivity contribution in [3.8, 4) is 0 Å². The van der Waals surface area contributed by atoms with Crippen LogP contribution in [-0.2, 0) is 14.8 Å². The average molecular weight is 348 g/mol. The van der Waals surface area contributed by atoms with Crippen LogP contribution in [-0.4, -0.2) is 47.1 Å². The maximum absolute atomic E-state index is 12.8. The van der Waals surface area contributed by atoms with E-state index in [0.717, 1.165) is 18.7 Å². The number of hydrogen-bond donors (Lipinski definition) is 1. The standard InChI is InChI=1S/C16H20N4O3S/c1-11-17-16(19-18-11)14-9-12-7-8-20(10-15(12)23-14)24(21,22)13-5-3-2-4-6-13/h2-6,12,14-15H,7-10H2,1H3,(H,17,18,19)/t12-,14+,15+/m1/s1. The third-order valence-electron chi connectivity index (χ3n) is 4.80. The molecule has 0 radical (unpaired) electrons. The van der Waals surface area contributed by atoms with Gasteiger partial charge in [-0.25, -0.2) is 13.4 Å². The Hall–Kier alpha value is -1.77. The molecule has 8 heteroatoms. The third kappa shape index (κ3) is 2.74. The van der Waals surface area contributed by atoms with E-state index < -0.39 is 10.0 Å². The lowest BCUT2D eigenvalue weighted by molar-refractivity contribution is 0.00703. The molecule has 1 N–H and O–H groups in total. The lowest BCUT2D eigenvalue weighted by Gasteiger charge is -2.33. The number of sulfonamides is 1. The first kappa shape index (κ1) is 15.7. The summed E-state index contributed by atoms with van der Waals surface area (Å²) in [5.74, 6) is 1.78. The normalized spacial score (nSPS) is 28.0. The number of H-pyrrole nitrogens is 1. The summed E-state index contributed by atoms with van der Waals surface area (Å²) < 4.78 is 33.2. The number of piperidine rings is 1. The van der Waals surface area contributed by atoms with E-state index in [-0.39, 0.29) is 12.2 Å². The smallest absolute Gasteiger partial charge is 0.243 e. The highest BCUT2D eigenvalue weighted by atomic mass is 32.2. The van der Waals surface area contributed by atoms with Crippen LogP contribution in [0.4, 0.5) is 0 Å². The minimum atomic E-state index is -3.46. The highest BCUT2D eigenvalue weighted by Gasteiger charge is 2.43. The van der Waals surface area contributed by atoms with E-state index in [1.165, 1.54) is 4.31 Å². The number of ether oxygens (including phenoxy) is 1. The van der Waals surface area contributed by atoms with E-state index in [2.05, 4.69) is 15.2 Å². The quantitative estimate of drug-likeness (QED) is 0.911. The summed E-state index contributed by atoms with van der Waals surface area (Å²) in [6.07, 6.45) is 1.41. The van der Waals surface area contributed by atoms with Crippen molar-refractivity contribution in [2.75, 3.05) is 13.1 Å². The largest absolute Gasteiger partial charge is 0.365 e. The highest BCUT2D eigenvalue weighted by molar-refractivity contribution is 7.89. The Labute approximate surface area is 141 Å². The second kappa shape index (κ2) is 5.94. The zero-order valence-corrected chi connectivity index (χ0v) is 14.2. The van der Waals surface area contributed by atoms with Gasteiger partial charge in [0, 0.05) is 13.1 Å². The molecule has 0 unspecified atom stereocenters. The van der Waals surface area contributed by atoms with Crippen LogP contribution in [0.3, 0.4) is 0 Å². The van der Waals surface area contributed by atoms with Crippen LogP contribution in [0.5, 0.6) is 0 Å². The number of nitrogens with one attached hydrogen (secondary N) is 1. The molecule has 2 aromatic rings. The number of nitrogens with zero attached hydrogens (tertiary/aromatic N) is 3. The molecule has 0 bridgehead atoms. The Bertz CT molecular complexity index is 821. The molecule has 128 valence electrons. The lowest BCUT2D eigenvalue weighted by Crippen LogP contribution is -2.45. The number of aromatic nitrogens is 3. The minimum absolute atomic E-state index is 0.0963. The molecule has 4 rings (SSSR count). The summed E-state index contributed by atoms with van der Waals surface area (Å²) in [5.41, 5.74) is 0. The van der Waals surface area contributed by atoms with Gasteiger partial charge in [-0.2, -0.15) is 9.40 Å². The van der Waals surface area contributed by atoms with E-state index in [4.69, 9.17) is 4.74 Å². The van der Waals surface area contributed by atoms with E-state index in [0.29, 0.717) is 29.7 Å². The predicted octanol–water partition coefficient (Wildman–Crippen LogP) is 1.65. The van der Waals surface area contributed by atoms with Crippen molar-refractivity contribution in [2.24, 2.45) is 5.92 Å². The summed E-state index contributed by atoms with van der Waals surface area (Å²) in [6, 6.07) is 8.57. The number of aromatic amines is 1. The van der Waals surface area contributed by atoms with Gasteiger partial charge in [-0.05, 0) is 37.8 Å². The maximum atomic E-state index is 12.8. The molecule has 2 aliphatic rings. The van der Waals surface area contributed by atoms with Crippen LogP contribution in [0.1, 0.15) is 30.6 Å². The fourth-order valence-corrected chi connectivity index (χ4v) is 5.02. The van der Waals surface area contributed by atoms with Gasteiger partial charge in [-0.3, -0.25) is 5.10 Å². The number of aryl methyl sites for hydroxylation is 1. The number of rotatable bonds is 3. The van der Waals surface area contributed by atoms with Crippen LogP contribution in [0.25, 0.3) is 0 Å². The molecule has 0 aliphatic carbocycles. The van der Waals surface area contributed by atoms with Gasteiger partial charge in [0.1, 0.15) is 11.9 Å². The number of fused-ring (bicyclic) bond motifs is 1. The molecule has 1 aromatic heterocycles. The van der Waals surface area contributed by atoms with E-state index >= 15 is 0 Å². The highest BCUT2D eigenvalue weighted by Crippen LogP contribution is 2.40. The Kier molecular flexibility index (Phi) is 3.90. The number of benzene rings is 1. The molecule has 2 aliphatic heterocycles. The van der Waals surface area contributed by atoms with Gasteiger partial charge in [0.15, 0.2) is 5.82 Å². The van der Waals surface area contributed by atoms with Crippen molar-refractivity contribution >= 4 is 10.0 Å². The maximum Gasteiger partial charge on any atom is 0.243 e. The molecule has 3 heterocycles.